The number of hydrogen-bond donors (Lipinski definition) is 5. The first kappa shape index (κ1) is 24.9. The van der Waals surface area contributed by atoms with Crippen LogP contribution in [0.5, 0.6) is 0 Å². The number of halogens is 1. The number of carboxylic acids is 1. The zero-order valence-corrected chi connectivity index (χ0v) is 17.7. The third kappa shape index (κ3) is 8.10. The Morgan fingerprint density at radius 2 is 1.77 bits per heavy atom. The number of carbonyl (C=O) groups is 3. The van der Waals surface area contributed by atoms with Crippen molar-refractivity contribution in [3.8, 4) is 0 Å². The Morgan fingerprint density at radius 3 is 2.37 bits per heavy atom. The van der Waals surface area contributed by atoms with Gasteiger partial charge in [0.15, 0.2) is 0 Å². The fourth-order valence-electron chi connectivity index (χ4n) is 2.54. The molecule has 2 aromatic carbocycles. The van der Waals surface area contributed by atoms with Gasteiger partial charge in [0.05, 0.1) is 36.3 Å². The molecule has 9 heteroatoms. The normalized spacial score (nSPS) is 10.8. The van der Waals surface area contributed by atoms with Crippen LogP contribution in [-0.2, 0) is 9.59 Å². The fraction of sp³-hybridized carbons (Fsp3) is 0.286. The van der Waals surface area contributed by atoms with Gasteiger partial charge >= 0.3 is 5.97 Å². The summed E-state index contributed by atoms with van der Waals surface area (Å²) < 4.78 is 0. The van der Waals surface area contributed by atoms with E-state index in [0.717, 1.165) is 0 Å². The average molecular weight is 435 g/mol. The van der Waals surface area contributed by atoms with Crippen LogP contribution in [0.15, 0.2) is 48.5 Å². The number of benzene rings is 2. The highest BCUT2D eigenvalue weighted by molar-refractivity contribution is 6.34. The molecule has 0 saturated carbocycles. The molecule has 0 bridgehead atoms. The molecule has 0 aliphatic rings. The van der Waals surface area contributed by atoms with Crippen LogP contribution in [-0.4, -0.2) is 36.1 Å². The topological polar surface area (TPSA) is 134 Å². The van der Waals surface area contributed by atoms with E-state index in [2.05, 4.69) is 16.0 Å². The Balaban J connectivity index is 0.00000218. The smallest absolute Gasteiger partial charge is 0.305 e. The molecule has 0 spiro atoms. The number of hydrogen-bond acceptors (Lipinski definition) is 5. The Morgan fingerprint density at radius 1 is 1.10 bits per heavy atom. The standard InChI is InChI=1S/C19H21ClN4O4.C2H6/c20-15-7-6-13(23-11-21)8-14(15)19(28)22-10-17(25)24-16(9-18(26)27)12-4-2-1-3-5-12;1-2/h1-8,16,23H,9-11,21H2,(H,22,28)(H,24,25)(H,26,27);1-2H3. The molecular weight excluding hydrogens is 408 g/mol. The predicted octanol–water partition coefficient (Wildman–Crippen LogP) is 2.76. The summed E-state index contributed by atoms with van der Waals surface area (Å²) in [6.07, 6.45) is -0.275. The lowest BCUT2D eigenvalue weighted by atomic mass is 10.0. The van der Waals surface area contributed by atoms with E-state index in [4.69, 9.17) is 22.4 Å². The highest BCUT2D eigenvalue weighted by Gasteiger charge is 2.19. The van der Waals surface area contributed by atoms with Gasteiger partial charge in [0.25, 0.3) is 5.91 Å². The summed E-state index contributed by atoms with van der Waals surface area (Å²) in [6.45, 7) is 3.86. The zero-order chi connectivity index (χ0) is 22.5. The number of aliphatic carboxylic acids is 1. The number of carbonyl (C=O) groups excluding carboxylic acids is 2. The summed E-state index contributed by atoms with van der Waals surface area (Å²) in [5.74, 6) is -2.10. The van der Waals surface area contributed by atoms with Crippen molar-refractivity contribution in [1.29, 1.82) is 0 Å². The maximum Gasteiger partial charge on any atom is 0.305 e. The fourth-order valence-corrected chi connectivity index (χ4v) is 2.74. The first-order valence-corrected chi connectivity index (χ1v) is 9.86. The molecular formula is C21H27ClN4O4. The SMILES string of the molecule is CC.NCNc1ccc(Cl)c(C(=O)NCC(=O)NC(CC(=O)O)c2ccccc2)c1. The predicted molar refractivity (Wildman–Crippen MR) is 117 cm³/mol. The lowest BCUT2D eigenvalue weighted by Gasteiger charge is -2.18. The Hall–Kier alpha value is -3.10. The molecule has 0 aromatic heterocycles. The van der Waals surface area contributed by atoms with Crippen LogP contribution >= 0.6 is 11.6 Å². The van der Waals surface area contributed by atoms with Crippen molar-refractivity contribution in [3.05, 3.63) is 64.7 Å². The second-order valence-electron chi connectivity index (χ2n) is 5.89. The van der Waals surface area contributed by atoms with Crippen LogP contribution in [0, 0.1) is 0 Å². The molecule has 0 saturated heterocycles. The molecule has 162 valence electrons. The van der Waals surface area contributed by atoms with Crippen molar-refractivity contribution < 1.29 is 19.5 Å². The number of amides is 2. The molecule has 0 radical (unpaired) electrons. The molecule has 2 rings (SSSR count). The molecule has 1 atom stereocenters. The Labute approximate surface area is 180 Å². The minimum Gasteiger partial charge on any atom is -0.481 e. The molecule has 30 heavy (non-hydrogen) atoms. The third-order valence-electron chi connectivity index (χ3n) is 3.84. The van der Waals surface area contributed by atoms with Gasteiger partial charge in [-0.2, -0.15) is 0 Å². The van der Waals surface area contributed by atoms with Crippen molar-refractivity contribution in [2.75, 3.05) is 18.5 Å². The van der Waals surface area contributed by atoms with Gasteiger partial charge in [0.2, 0.25) is 5.91 Å². The second-order valence-corrected chi connectivity index (χ2v) is 6.29. The van der Waals surface area contributed by atoms with Crippen molar-refractivity contribution >= 4 is 35.1 Å². The number of carboxylic acid groups (broad SMARTS) is 1. The van der Waals surface area contributed by atoms with E-state index in [1.54, 1.807) is 42.5 Å². The van der Waals surface area contributed by atoms with Crippen LogP contribution in [0.25, 0.3) is 0 Å². The maximum atomic E-state index is 12.3. The number of rotatable bonds is 9. The second kappa shape index (κ2) is 13.2. The highest BCUT2D eigenvalue weighted by atomic mass is 35.5. The lowest BCUT2D eigenvalue weighted by Crippen LogP contribution is -2.39. The molecule has 0 aliphatic carbocycles. The van der Waals surface area contributed by atoms with Gasteiger partial charge in [-0.25, -0.2) is 0 Å². The Bertz CT molecular complexity index is 846. The monoisotopic (exact) mass is 434 g/mol. The molecule has 8 nitrogen and oxygen atoms in total. The van der Waals surface area contributed by atoms with Gasteiger partial charge in [0, 0.05) is 5.69 Å². The van der Waals surface area contributed by atoms with Crippen LogP contribution < -0.4 is 21.7 Å². The molecule has 0 heterocycles. The van der Waals surface area contributed by atoms with E-state index in [9.17, 15) is 14.4 Å². The van der Waals surface area contributed by atoms with Crippen molar-refractivity contribution in [2.45, 2.75) is 26.3 Å². The average Bonchev–Trinajstić information content (AvgIpc) is 2.75. The van der Waals surface area contributed by atoms with Gasteiger partial charge in [0.1, 0.15) is 0 Å². The summed E-state index contributed by atoms with van der Waals surface area (Å²) in [4.78, 5) is 35.6. The highest BCUT2D eigenvalue weighted by Crippen LogP contribution is 2.20. The van der Waals surface area contributed by atoms with Crippen molar-refractivity contribution in [2.24, 2.45) is 5.73 Å². The molecule has 6 N–H and O–H groups in total. The van der Waals surface area contributed by atoms with Gasteiger partial charge in [-0.05, 0) is 23.8 Å². The summed E-state index contributed by atoms with van der Waals surface area (Å²) in [6, 6.07) is 12.8. The molecule has 0 aliphatic heterocycles. The third-order valence-corrected chi connectivity index (χ3v) is 4.17. The zero-order valence-electron chi connectivity index (χ0n) is 16.9. The molecule has 1 unspecified atom stereocenters. The van der Waals surface area contributed by atoms with Gasteiger partial charge in [-0.3, -0.25) is 14.4 Å². The van der Waals surface area contributed by atoms with Gasteiger partial charge in [-0.1, -0.05) is 55.8 Å². The first-order valence-electron chi connectivity index (χ1n) is 9.48. The number of nitrogens with two attached hydrogens (primary N) is 1. The van der Waals surface area contributed by atoms with E-state index >= 15 is 0 Å². The minimum atomic E-state index is -1.05. The molecule has 2 aromatic rings. The van der Waals surface area contributed by atoms with Crippen LogP contribution in [0.1, 0.15) is 42.2 Å². The van der Waals surface area contributed by atoms with Gasteiger partial charge in [-0.15, -0.1) is 0 Å². The quantitative estimate of drug-likeness (QED) is 0.385. The number of nitrogens with one attached hydrogen (secondary N) is 3. The van der Waals surface area contributed by atoms with E-state index in [0.29, 0.717) is 11.3 Å². The van der Waals surface area contributed by atoms with E-state index in [-0.39, 0.29) is 30.2 Å². The minimum absolute atomic E-state index is 0.190. The van der Waals surface area contributed by atoms with Crippen LogP contribution in [0.4, 0.5) is 5.69 Å². The van der Waals surface area contributed by atoms with Crippen molar-refractivity contribution in [3.63, 3.8) is 0 Å². The molecule has 0 fully saturated rings. The van der Waals surface area contributed by atoms with Crippen LogP contribution in [0.3, 0.4) is 0 Å². The van der Waals surface area contributed by atoms with Crippen LogP contribution in [0.2, 0.25) is 5.02 Å². The summed E-state index contributed by atoms with van der Waals surface area (Å²) >= 11 is 6.04. The Kier molecular flexibility index (Phi) is 11.0. The summed E-state index contributed by atoms with van der Waals surface area (Å²) in [7, 11) is 0. The largest absolute Gasteiger partial charge is 0.481 e. The lowest BCUT2D eigenvalue weighted by molar-refractivity contribution is -0.137. The summed E-state index contributed by atoms with van der Waals surface area (Å²) in [5.41, 5.74) is 6.88. The van der Waals surface area contributed by atoms with Crippen molar-refractivity contribution in [1.82, 2.24) is 10.6 Å². The summed E-state index contributed by atoms with van der Waals surface area (Å²) in [5, 5.41) is 17.3. The van der Waals surface area contributed by atoms with Gasteiger partial charge < -0.3 is 26.8 Å². The van der Waals surface area contributed by atoms with E-state index in [1.165, 1.54) is 6.07 Å². The molecule has 2 amide bonds. The maximum absolute atomic E-state index is 12.3. The number of anilines is 1. The van der Waals surface area contributed by atoms with E-state index < -0.39 is 23.8 Å². The van der Waals surface area contributed by atoms with E-state index in [1.807, 2.05) is 13.8 Å². The first-order chi connectivity index (χ1) is 14.4.